The predicted octanol–water partition coefficient (Wildman–Crippen LogP) is 0.798. The third-order valence-electron chi connectivity index (χ3n) is 0.942. The van der Waals surface area contributed by atoms with Crippen LogP contribution in [0.15, 0.2) is 15.7 Å². The molecule has 0 spiro atoms. The summed E-state index contributed by atoms with van der Waals surface area (Å²) in [5.74, 6) is 0. The lowest BCUT2D eigenvalue weighted by molar-refractivity contribution is -0.425. The van der Waals surface area contributed by atoms with E-state index in [9.17, 15) is 10.1 Å². The number of hydrogen-bond acceptors (Lipinski definition) is 3. The summed E-state index contributed by atoms with van der Waals surface area (Å²) < 4.78 is 0. The van der Waals surface area contributed by atoms with Crippen molar-refractivity contribution >= 4 is 17.8 Å². The van der Waals surface area contributed by atoms with Gasteiger partial charge in [0.2, 0.25) is 0 Å². The van der Waals surface area contributed by atoms with Gasteiger partial charge in [0.05, 0.1) is 4.92 Å². The number of allylic oxidation sites excluding steroid dienone is 1. The van der Waals surface area contributed by atoms with Crippen LogP contribution in [0.25, 0.3) is 0 Å². The summed E-state index contributed by atoms with van der Waals surface area (Å²) in [5.41, 5.74) is -0.0170. The largest absolute Gasteiger partial charge is 0.287 e. The summed E-state index contributed by atoms with van der Waals surface area (Å²) in [6, 6.07) is 0. The van der Waals surface area contributed by atoms with Crippen LogP contribution in [0, 0.1) is 10.1 Å². The Morgan fingerprint density at radius 3 is 2.78 bits per heavy atom. The second-order valence-corrected chi connectivity index (χ2v) is 1.93. The molecule has 1 rings (SSSR count). The van der Waals surface area contributed by atoms with Crippen molar-refractivity contribution in [3.8, 4) is 0 Å². The lowest BCUT2D eigenvalue weighted by atomic mass is 10.5. The Hall–Kier alpha value is -0.900. The van der Waals surface area contributed by atoms with Crippen LogP contribution >= 0.6 is 11.6 Å². The van der Waals surface area contributed by atoms with Crippen molar-refractivity contribution in [2.45, 2.75) is 0 Å². The molecular weight excluding hydrogens is 144 g/mol. The third kappa shape index (κ3) is 1.08. The van der Waals surface area contributed by atoms with Crippen LogP contribution < -0.4 is 0 Å². The molecule has 5 heteroatoms. The Bertz CT molecular complexity index is 209. The van der Waals surface area contributed by atoms with E-state index in [1.165, 1.54) is 6.21 Å². The van der Waals surface area contributed by atoms with E-state index in [1.54, 1.807) is 0 Å². The molecule has 1 aliphatic heterocycles. The monoisotopic (exact) mass is 146 g/mol. The minimum atomic E-state index is -0.519. The Morgan fingerprint density at radius 1 is 1.89 bits per heavy atom. The van der Waals surface area contributed by atoms with Crippen molar-refractivity contribution in [2.75, 3.05) is 6.54 Å². The molecule has 1 aliphatic rings. The first-order chi connectivity index (χ1) is 4.22. The highest BCUT2D eigenvalue weighted by Gasteiger charge is 2.18. The molecular formula is C4H3ClN2O2. The fourth-order valence-electron chi connectivity index (χ4n) is 0.507. The highest BCUT2D eigenvalue weighted by molar-refractivity contribution is 6.40. The van der Waals surface area contributed by atoms with Crippen molar-refractivity contribution < 1.29 is 4.92 Å². The molecule has 4 nitrogen and oxygen atoms in total. The molecule has 0 saturated carbocycles. The minimum absolute atomic E-state index is 0.0170. The predicted molar refractivity (Wildman–Crippen MR) is 33.2 cm³/mol. The average molecular weight is 147 g/mol. The summed E-state index contributed by atoms with van der Waals surface area (Å²) in [5, 5.41) is 10.1. The fourth-order valence-corrected chi connectivity index (χ4v) is 0.705. The average Bonchev–Trinajstić information content (AvgIpc) is 2.13. The third-order valence-corrected chi connectivity index (χ3v) is 1.26. The van der Waals surface area contributed by atoms with Gasteiger partial charge < -0.3 is 0 Å². The van der Waals surface area contributed by atoms with Gasteiger partial charge in [0.15, 0.2) is 0 Å². The number of nitrogens with zero attached hydrogens (tertiary/aromatic N) is 2. The van der Waals surface area contributed by atoms with Crippen LogP contribution in [0.3, 0.4) is 0 Å². The molecule has 0 bridgehead atoms. The molecule has 1 heterocycles. The van der Waals surface area contributed by atoms with E-state index < -0.39 is 4.92 Å². The zero-order valence-electron chi connectivity index (χ0n) is 4.37. The van der Waals surface area contributed by atoms with Crippen molar-refractivity contribution in [3.63, 3.8) is 0 Å². The summed E-state index contributed by atoms with van der Waals surface area (Å²) in [7, 11) is 0. The maximum Gasteiger partial charge on any atom is 0.287 e. The van der Waals surface area contributed by atoms with E-state index in [0.717, 1.165) is 0 Å². The zero-order valence-corrected chi connectivity index (χ0v) is 5.13. The lowest BCUT2D eigenvalue weighted by Crippen LogP contribution is -1.99. The van der Waals surface area contributed by atoms with Crippen molar-refractivity contribution in [2.24, 2.45) is 4.99 Å². The van der Waals surface area contributed by atoms with Crippen molar-refractivity contribution in [1.29, 1.82) is 0 Å². The summed E-state index contributed by atoms with van der Waals surface area (Å²) in [6.45, 7) is 0.103. The molecule has 0 aromatic heterocycles. The Morgan fingerprint density at radius 2 is 2.56 bits per heavy atom. The quantitative estimate of drug-likeness (QED) is 0.406. The highest BCUT2D eigenvalue weighted by Crippen LogP contribution is 2.13. The fraction of sp³-hybridized carbons (Fsp3) is 0.250. The molecule has 0 fully saturated rings. The van der Waals surface area contributed by atoms with E-state index in [4.69, 9.17) is 11.6 Å². The lowest BCUT2D eigenvalue weighted by Gasteiger charge is -1.86. The van der Waals surface area contributed by atoms with Crippen molar-refractivity contribution in [3.05, 3.63) is 20.8 Å². The molecule has 0 N–H and O–H groups in total. The highest BCUT2D eigenvalue weighted by atomic mass is 35.5. The SMILES string of the molecule is O=[N+]([O-])C1=C(Cl)C=NC1. The topological polar surface area (TPSA) is 55.5 Å². The molecule has 0 aromatic carbocycles. The number of halogens is 1. The molecule has 9 heavy (non-hydrogen) atoms. The second-order valence-electron chi connectivity index (χ2n) is 1.52. The summed E-state index contributed by atoms with van der Waals surface area (Å²) >= 11 is 5.36. The first kappa shape index (κ1) is 6.22. The Balaban J connectivity index is 2.85. The molecule has 0 radical (unpaired) electrons. The van der Waals surface area contributed by atoms with Gasteiger partial charge in [-0.1, -0.05) is 11.6 Å². The molecule has 0 aliphatic carbocycles. The van der Waals surface area contributed by atoms with Gasteiger partial charge in [-0.15, -0.1) is 0 Å². The maximum atomic E-state index is 10.00. The van der Waals surface area contributed by atoms with E-state index in [-0.39, 0.29) is 17.3 Å². The summed E-state index contributed by atoms with van der Waals surface area (Å²) in [4.78, 5) is 13.1. The maximum absolute atomic E-state index is 10.00. The van der Waals surface area contributed by atoms with Gasteiger partial charge in [-0.05, 0) is 0 Å². The molecule has 0 amide bonds. The number of rotatable bonds is 1. The van der Waals surface area contributed by atoms with E-state index in [0.29, 0.717) is 0 Å². The molecule has 0 unspecified atom stereocenters. The number of hydrogen-bond donors (Lipinski definition) is 0. The Labute approximate surface area is 56.0 Å². The van der Waals surface area contributed by atoms with E-state index in [1.807, 2.05) is 0 Å². The van der Waals surface area contributed by atoms with Gasteiger partial charge in [0.1, 0.15) is 11.6 Å². The molecule has 0 atom stereocenters. The Kier molecular flexibility index (Phi) is 1.48. The normalized spacial score (nSPS) is 17.0. The van der Waals surface area contributed by atoms with Gasteiger partial charge >= 0.3 is 0 Å². The van der Waals surface area contributed by atoms with Gasteiger partial charge in [-0.25, -0.2) is 0 Å². The number of nitro groups is 1. The first-order valence-electron chi connectivity index (χ1n) is 2.24. The standard InChI is InChI=1S/C4H3ClN2O2/c5-3-1-6-2-4(3)7(8)9/h1H,2H2. The first-order valence-corrected chi connectivity index (χ1v) is 2.62. The van der Waals surface area contributed by atoms with E-state index >= 15 is 0 Å². The van der Waals surface area contributed by atoms with Gasteiger partial charge in [0.25, 0.3) is 5.70 Å². The van der Waals surface area contributed by atoms with Crippen LogP contribution in [-0.4, -0.2) is 17.7 Å². The van der Waals surface area contributed by atoms with Gasteiger partial charge in [-0.2, -0.15) is 0 Å². The second kappa shape index (κ2) is 2.14. The van der Waals surface area contributed by atoms with E-state index in [2.05, 4.69) is 4.99 Å². The number of aliphatic imine (C=N–C) groups is 1. The zero-order chi connectivity index (χ0) is 6.85. The van der Waals surface area contributed by atoms with Crippen LogP contribution in [0.2, 0.25) is 0 Å². The van der Waals surface area contributed by atoms with Gasteiger partial charge in [-0.3, -0.25) is 15.1 Å². The van der Waals surface area contributed by atoms with Crippen LogP contribution in [0.1, 0.15) is 0 Å². The van der Waals surface area contributed by atoms with Gasteiger partial charge in [0, 0.05) is 6.21 Å². The minimum Gasteiger partial charge on any atom is -0.280 e. The molecule has 0 aromatic rings. The van der Waals surface area contributed by atoms with Crippen molar-refractivity contribution in [1.82, 2.24) is 0 Å². The van der Waals surface area contributed by atoms with Crippen LogP contribution in [0.5, 0.6) is 0 Å². The summed E-state index contributed by atoms with van der Waals surface area (Å²) in [6.07, 6.45) is 1.29. The molecule has 0 saturated heterocycles. The van der Waals surface area contributed by atoms with Crippen LogP contribution in [-0.2, 0) is 0 Å². The smallest absolute Gasteiger partial charge is 0.280 e. The molecule has 48 valence electrons. The van der Waals surface area contributed by atoms with Crippen LogP contribution in [0.4, 0.5) is 0 Å².